The van der Waals surface area contributed by atoms with Crippen LogP contribution in [-0.4, -0.2) is 42.3 Å². The molecule has 0 saturated heterocycles. The van der Waals surface area contributed by atoms with E-state index < -0.39 is 6.61 Å². The Hall–Kier alpha value is -4.21. The minimum Gasteiger partial charge on any atom is -0.477 e. The average Bonchev–Trinajstić information content (AvgIpc) is 3.56. The summed E-state index contributed by atoms with van der Waals surface area (Å²) in [5.41, 5.74) is 5.28. The van der Waals surface area contributed by atoms with Crippen molar-refractivity contribution in [2.24, 2.45) is 7.05 Å². The third-order valence-electron chi connectivity index (χ3n) is 6.53. The van der Waals surface area contributed by atoms with E-state index in [1.54, 1.807) is 13.2 Å². The summed E-state index contributed by atoms with van der Waals surface area (Å²) < 4.78 is 43.1. The predicted octanol–water partition coefficient (Wildman–Crippen LogP) is 5.25. The molecule has 3 aliphatic rings. The lowest BCUT2D eigenvalue weighted by atomic mass is 9.98. The topological polar surface area (TPSA) is 71.9 Å². The molecule has 0 saturated carbocycles. The lowest BCUT2D eigenvalue weighted by molar-refractivity contribution is -0.0527. The van der Waals surface area contributed by atoms with E-state index in [-0.39, 0.29) is 5.88 Å². The van der Waals surface area contributed by atoms with Crippen molar-refractivity contribution >= 4 is 0 Å². The molecule has 6 rings (SSSR count). The Balaban J connectivity index is 1.62. The molecule has 0 fully saturated rings. The van der Waals surface area contributed by atoms with Gasteiger partial charge in [0.1, 0.15) is 5.82 Å². The van der Waals surface area contributed by atoms with Gasteiger partial charge in [0.2, 0.25) is 11.8 Å². The van der Waals surface area contributed by atoms with Crippen LogP contribution in [0.1, 0.15) is 24.6 Å². The number of aryl methyl sites for hydroxylation is 3. The van der Waals surface area contributed by atoms with Crippen molar-refractivity contribution in [1.82, 2.24) is 29.1 Å². The Morgan fingerprint density at radius 2 is 1.89 bits per heavy atom. The van der Waals surface area contributed by atoms with Crippen LogP contribution in [0.5, 0.6) is 11.8 Å². The van der Waals surface area contributed by atoms with Crippen molar-refractivity contribution in [2.45, 2.75) is 39.5 Å². The van der Waals surface area contributed by atoms with Gasteiger partial charge in [0.25, 0.3) is 0 Å². The number of fused-ring (bicyclic) bond motifs is 2. The molecule has 1 aromatic carbocycles. The number of aromatic nitrogens is 6. The predicted molar refractivity (Wildman–Crippen MR) is 134 cm³/mol. The van der Waals surface area contributed by atoms with Crippen molar-refractivity contribution in [1.29, 1.82) is 0 Å². The Bertz CT molecular complexity index is 1520. The van der Waals surface area contributed by atoms with E-state index >= 15 is 0 Å². The third-order valence-corrected chi connectivity index (χ3v) is 6.53. The SMILES string of the molecule is CCc1nn2c(c1-c1nc3n(Cc4ccccc4)cccc-3c1-c1cn(C)nc1OC(F)F)OCCC2. The van der Waals surface area contributed by atoms with E-state index in [2.05, 4.69) is 21.8 Å². The fourth-order valence-corrected chi connectivity index (χ4v) is 4.98. The highest BCUT2D eigenvalue weighted by Gasteiger charge is 2.33. The summed E-state index contributed by atoms with van der Waals surface area (Å²) >= 11 is 0. The van der Waals surface area contributed by atoms with Crippen LogP contribution in [0.2, 0.25) is 0 Å². The molecule has 2 aromatic heterocycles. The molecule has 0 radical (unpaired) electrons. The van der Waals surface area contributed by atoms with E-state index in [0.717, 1.165) is 41.2 Å². The Labute approximate surface area is 212 Å². The summed E-state index contributed by atoms with van der Waals surface area (Å²) in [7, 11) is 1.68. The van der Waals surface area contributed by atoms with Crippen molar-refractivity contribution in [2.75, 3.05) is 6.61 Å². The molecule has 8 nitrogen and oxygen atoms in total. The maximum absolute atomic E-state index is 13.4. The largest absolute Gasteiger partial charge is 0.477 e. The molecular weight excluding hydrogens is 478 g/mol. The summed E-state index contributed by atoms with van der Waals surface area (Å²) in [4.78, 5) is 5.12. The summed E-state index contributed by atoms with van der Waals surface area (Å²) in [6, 6.07) is 14.0. The van der Waals surface area contributed by atoms with Gasteiger partial charge in [-0.3, -0.25) is 4.68 Å². The van der Waals surface area contributed by atoms with Gasteiger partial charge in [-0.25, -0.2) is 9.67 Å². The Morgan fingerprint density at radius 3 is 2.68 bits per heavy atom. The second kappa shape index (κ2) is 9.34. The zero-order valence-electron chi connectivity index (χ0n) is 20.6. The normalized spacial score (nSPS) is 13.2. The monoisotopic (exact) mass is 504 g/mol. The standard InChI is InChI=1S/C27H26F2N6O2/c1-3-20-22(26-35(31-20)13-8-14-36-26)23-21(19-16-33(2)32-25(19)37-27(28)29)18-11-7-12-34(24(18)30-23)15-17-9-5-4-6-10-17/h4-7,9-12,16,27H,3,8,13-15H2,1-2H3. The lowest BCUT2D eigenvalue weighted by Crippen LogP contribution is -2.15. The summed E-state index contributed by atoms with van der Waals surface area (Å²) in [5.74, 6) is 1.23. The second-order valence-corrected chi connectivity index (χ2v) is 9.00. The first-order valence-electron chi connectivity index (χ1n) is 12.3. The van der Waals surface area contributed by atoms with Gasteiger partial charge in [0.05, 0.1) is 29.1 Å². The van der Waals surface area contributed by atoms with Gasteiger partial charge < -0.3 is 14.0 Å². The van der Waals surface area contributed by atoms with Gasteiger partial charge in [-0.05, 0) is 24.1 Å². The molecule has 0 spiro atoms. The van der Waals surface area contributed by atoms with Crippen molar-refractivity contribution in [3.63, 3.8) is 0 Å². The number of benzene rings is 1. The van der Waals surface area contributed by atoms with Crippen LogP contribution < -0.4 is 9.47 Å². The number of nitrogens with zero attached hydrogens (tertiary/aromatic N) is 6. The van der Waals surface area contributed by atoms with Crippen LogP contribution in [0, 0.1) is 0 Å². The van der Waals surface area contributed by atoms with Crippen molar-refractivity contribution in [3.8, 4) is 45.5 Å². The number of ether oxygens (including phenoxy) is 2. The molecule has 3 aliphatic heterocycles. The van der Waals surface area contributed by atoms with Crippen molar-refractivity contribution in [3.05, 3.63) is 66.1 Å². The van der Waals surface area contributed by atoms with E-state index in [0.29, 0.717) is 42.3 Å². The van der Waals surface area contributed by atoms with E-state index in [1.165, 1.54) is 4.68 Å². The van der Waals surface area contributed by atoms with Gasteiger partial charge in [-0.1, -0.05) is 37.3 Å². The smallest absolute Gasteiger partial charge is 0.388 e. The zero-order chi connectivity index (χ0) is 25.5. The zero-order valence-corrected chi connectivity index (χ0v) is 20.6. The highest BCUT2D eigenvalue weighted by Crippen LogP contribution is 2.48. The fourth-order valence-electron chi connectivity index (χ4n) is 4.98. The molecule has 0 N–H and O–H groups in total. The maximum atomic E-state index is 13.4. The van der Waals surface area contributed by atoms with E-state index in [9.17, 15) is 8.78 Å². The van der Waals surface area contributed by atoms with Crippen LogP contribution in [0.3, 0.4) is 0 Å². The third kappa shape index (κ3) is 4.12. The maximum Gasteiger partial charge on any atom is 0.388 e. The van der Waals surface area contributed by atoms with E-state index in [4.69, 9.17) is 19.6 Å². The lowest BCUT2D eigenvalue weighted by Gasteiger charge is -2.16. The van der Waals surface area contributed by atoms with Crippen LogP contribution in [0.4, 0.5) is 8.78 Å². The highest BCUT2D eigenvalue weighted by atomic mass is 19.3. The quantitative estimate of drug-likeness (QED) is 0.303. The first-order valence-corrected chi connectivity index (χ1v) is 12.3. The second-order valence-electron chi connectivity index (χ2n) is 9.00. The van der Waals surface area contributed by atoms with Crippen LogP contribution in [-0.2, 0) is 26.6 Å². The summed E-state index contributed by atoms with van der Waals surface area (Å²) in [5, 5.41) is 8.97. The molecular formula is C27H26F2N6O2. The summed E-state index contributed by atoms with van der Waals surface area (Å²) in [6.45, 7) is 0.958. The molecule has 0 aliphatic carbocycles. The molecule has 190 valence electrons. The summed E-state index contributed by atoms with van der Waals surface area (Å²) in [6.07, 6.45) is 5.19. The molecule has 37 heavy (non-hydrogen) atoms. The molecule has 5 heterocycles. The number of pyridine rings is 1. The molecule has 0 bridgehead atoms. The Morgan fingerprint density at radius 1 is 1.05 bits per heavy atom. The van der Waals surface area contributed by atoms with Gasteiger partial charge in [-0.2, -0.15) is 13.9 Å². The molecule has 0 amide bonds. The van der Waals surface area contributed by atoms with Crippen LogP contribution in [0.15, 0.2) is 54.9 Å². The fraction of sp³-hybridized carbons (Fsp3) is 0.296. The molecule has 3 aromatic rings. The molecule has 10 heteroatoms. The Kier molecular flexibility index (Phi) is 5.86. The van der Waals surface area contributed by atoms with Crippen LogP contribution >= 0.6 is 0 Å². The van der Waals surface area contributed by atoms with E-state index in [1.807, 2.05) is 48.1 Å². The van der Waals surface area contributed by atoms with Gasteiger partial charge >= 0.3 is 6.61 Å². The van der Waals surface area contributed by atoms with Crippen LogP contribution in [0.25, 0.3) is 33.8 Å². The number of alkyl halides is 2. The minimum absolute atomic E-state index is 0.147. The molecule has 0 atom stereocenters. The van der Waals surface area contributed by atoms with Gasteiger partial charge in [0.15, 0.2) is 0 Å². The minimum atomic E-state index is -3.01. The van der Waals surface area contributed by atoms with Gasteiger partial charge in [0, 0.05) is 50.1 Å². The first-order chi connectivity index (χ1) is 18.0. The molecule has 0 unspecified atom stereocenters. The number of hydrogen-bond donors (Lipinski definition) is 0. The van der Waals surface area contributed by atoms with Gasteiger partial charge in [-0.15, -0.1) is 5.10 Å². The number of hydrogen-bond acceptors (Lipinski definition) is 5. The average molecular weight is 505 g/mol. The first kappa shape index (κ1) is 23.2. The highest BCUT2D eigenvalue weighted by molar-refractivity contribution is 5.97. The number of halogens is 2. The number of rotatable bonds is 7. The van der Waals surface area contributed by atoms with Crippen molar-refractivity contribution < 1.29 is 18.3 Å².